The molecular formula is C14H18N2O3. The van der Waals surface area contributed by atoms with Gasteiger partial charge in [-0.25, -0.2) is 0 Å². The number of likely N-dealkylation sites (N-methyl/N-ethyl adjacent to an activating group) is 2. The highest BCUT2D eigenvalue weighted by Gasteiger charge is 2.22. The van der Waals surface area contributed by atoms with Crippen LogP contribution in [0, 0.1) is 0 Å². The molecule has 0 saturated carbocycles. The molecule has 0 aromatic heterocycles. The predicted octanol–water partition coefficient (Wildman–Crippen LogP) is 1.06. The summed E-state index contributed by atoms with van der Waals surface area (Å²) < 4.78 is 5.37. The van der Waals surface area contributed by atoms with Crippen molar-refractivity contribution in [3.8, 4) is 5.75 Å². The maximum atomic E-state index is 11.6. The van der Waals surface area contributed by atoms with Crippen LogP contribution in [0.25, 0.3) is 0 Å². The molecule has 2 rings (SSSR count). The molecule has 1 aromatic rings. The molecule has 0 N–H and O–H groups in total. The van der Waals surface area contributed by atoms with Crippen molar-refractivity contribution in [3.63, 3.8) is 0 Å². The Morgan fingerprint density at radius 1 is 1.47 bits per heavy atom. The monoisotopic (exact) mass is 262 g/mol. The fourth-order valence-electron chi connectivity index (χ4n) is 1.93. The van der Waals surface area contributed by atoms with E-state index in [4.69, 9.17) is 4.74 Å². The van der Waals surface area contributed by atoms with Crippen molar-refractivity contribution in [1.82, 2.24) is 4.90 Å². The van der Waals surface area contributed by atoms with Gasteiger partial charge in [0, 0.05) is 27.6 Å². The zero-order valence-electron chi connectivity index (χ0n) is 11.5. The van der Waals surface area contributed by atoms with Gasteiger partial charge < -0.3 is 14.5 Å². The fourth-order valence-corrected chi connectivity index (χ4v) is 1.93. The van der Waals surface area contributed by atoms with Gasteiger partial charge in [-0.05, 0) is 24.1 Å². The van der Waals surface area contributed by atoms with Gasteiger partial charge in [0.15, 0.2) is 6.61 Å². The van der Waals surface area contributed by atoms with Crippen LogP contribution >= 0.6 is 0 Å². The first-order chi connectivity index (χ1) is 8.99. The van der Waals surface area contributed by atoms with Crippen molar-refractivity contribution in [2.45, 2.75) is 13.3 Å². The SMILES string of the molecule is CC(=O)N(C)CCc1ccc2c(c1)N(C)C(=O)CO2. The summed E-state index contributed by atoms with van der Waals surface area (Å²) in [7, 11) is 3.52. The van der Waals surface area contributed by atoms with Gasteiger partial charge in [-0.3, -0.25) is 9.59 Å². The van der Waals surface area contributed by atoms with E-state index in [1.807, 2.05) is 18.2 Å². The first-order valence-electron chi connectivity index (χ1n) is 6.23. The van der Waals surface area contributed by atoms with Gasteiger partial charge in [0.05, 0.1) is 5.69 Å². The molecule has 0 radical (unpaired) electrons. The topological polar surface area (TPSA) is 49.9 Å². The molecule has 0 fully saturated rings. The van der Waals surface area contributed by atoms with E-state index in [-0.39, 0.29) is 18.4 Å². The number of rotatable bonds is 3. The highest BCUT2D eigenvalue weighted by atomic mass is 16.5. The molecular weight excluding hydrogens is 244 g/mol. The molecule has 0 unspecified atom stereocenters. The van der Waals surface area contributed by atoms with Crippen LogP contribution in [0.3, 0.4) is 0 Å². The van der Waals surface area contributed by atoms with E-state index in [0.717, 1.165) is 23.4 Å². The molecule has 0 bridgehead atoms. The summed E-state index contributed by atoms with van der Waals surface area (Å²) in [6.45, 7) is 2.30. The van der Waals surface area contributed by atoms with Crippen molar-refractivity contribution in [2.24, 2.45) is 0 Å². The van der Waals surface area contributed by atoms with Crippen molar-refractivity contribution < 1.29 is 14.3 Å². The number of anilines is 1. The van der Waals surface area contributed by atoms with Gasteiger partial charge in [0.1, 0.15) is 5.75 Å². The second-order valence-electron chi connectivity index (χ2n) is 4.73. The molecule has 19 heavy (non-hydrogen) atoms. The second-order valence-corrected chi connectivity index (χ2v) is 4.73. The molecule has 1 heterocycles. The van der Waals surface area contributed by atoms with E-state index in [1.54, 1.807) is 30.8 Å². The Morgan fingerprint density at radius 2 is 2.21 bits per heavy atom. The van der Waals surface area contributed by atoms with E-state index >= 15 is 0 Å². The number of ether oxygens (including phenoxy) is 1. The highest BCUT2D eigenvalue weighted by Crippen LogP contribution is 2.32. The molecule has 0 atom stereocenters. The number of hydrogen-bond donors (Lipinski definition) is 0. The first-order valence-corrected chi connectivity index (χ1v) is 6.23. The molecule has 0 spiro atoms. The van der Waals surface area contributed by atoms with Crippen LogP contribution < -0.4 is 9.64 Å². The maximum Gasteiger partial charge on any atom is 0.264 e. The molecule has 1 aliphatic rings. The Morgan fingerprint density at radius 3 is 2.89 bits per heavy atom. The van der Waals surface area contributed by atoms with Gasteiger partial charge in [-0.15, -0.1) is 0 Å². The molecule has 0 saturated heterocycles. The third-order valence-electron chi connectivity index (χ3n) is 3.38. The van der Waals surface area contributed by atoms with Crippen molar-refractivity contribution in [3.05, 3.63) is 23.8 Å². The maximum absolute atomic E-state index is 11.6. The molecule has 102 valence electrons. The van der Waals surface area contributed by atoms with Crippen LogP contribution in [0.5, 0.6) is 5.75 Å². The van der Waals surface area contributed by atoms with Gasteiger partial charge in [0.2, 0.25) is 5.91 Å². The van der Waals surface area contributed by atoms with Gasteiger partial charge in [-0.2, -0.15) is 0 Å². The molecule has 1 aliphatic heterocycles. The highest BCUT2D eigenvalue weighted by molar-refractivity contribution is 5.97. The molecule has 1 aromatic carbocycles. The number of hydrogen-bond acceptors (Lipinski definition) is 3. The Balaban J connectivity index is 2.12. The summed E-state index contributed by atoms with van der Waals surface area (Å²) in [6, 6.07) is 5.79. The van der Waals surface area contributed by atoms with E-state index < -0.39 is 0 Å². The average Bonchev–Trinajstić information content (AvgIpc) is 2.40. The lowest BCUT2D eigenvalue weighted by atomic mass is 10.1. The predicted molar refractivity (Wildman–Crippen MR) is 72.4 cm³/mol. The quantitative estimate of drug-likeness (QED) is 0.818. The van der Waals surface area contributed by atoms with E-state index in [1.165, 1.54) is 0 Å². The molecule has 5 heteroatoms. The number of carbonyl (C=O) groups is 2. The van der Waals surface area contributed by atoms with Gasteiger partial charge in [-0.1, -0.05) is 6.07 Å². The van der Waals surface area contributed by atoms with Crippen LogP contribution in [0.2, 0.25) is 0 Å². The Labute approximate surface area is 112 Å². The standard InChI is InChI=1S/C14H18N2O3/c1-10(17)15(2)7-6-11-4-5-13-12(8-11)16(3)14(18)9-19-13/h4-5,8H,6-7,9H2,1-3H3. The number of benzene rings is 1. The van der Waals surface area contributed by atoms with Gasteiger partial charge >= 0.3 is 0 Å². The van der Waals surface area contributed by atoms with Gasteiger partial charge in [0.25, 0.3) is 5.91 Å². The van der Waals surface area contributed by atoms with Crippen LogP contribution in [0.1, 0.15) is 12.5 Å². The van der Waals surface area contributed by atoms with Crippen LogP contribution in [-0.2, 0) is 16.0 Å². The summed E-state index contributed by atoms with van der Waals surface area (Å²) in [5.41, 5.74) is 1.87. The third kappa shape index (κ3) is 2.86. The van der Waals surface area contributed by atoms with Crippen molar-refractivity contribution in [2.75, 3.05) is 32.1 Å². The first kappa shape index (κ1) is 13.4. The summed E-state index contributed by atoms with van der Waals surface area (Å²) in [4.78, 5) is 26.0. The summed E-state index contributed by atoms with van der Waals surface area (Å²) >= 11 is 0. The van der Waals surface area contributed by atoms with Crippen molar-refractivity contribution in [1.29, 1.82) is 0 Å². The van der Waals surface area contributed by atoms with Crippen LogP contribution in [0.4, 0.5) is 5.69 Å². The summed E-state index contributed by atoms with van der Waals surface area (Å²) in [6.07, 6.45) is 0.755. The molecule has 5 nitrogen and oxygen atoms in total. The van der Waals surface area contributed by atoms with E-state index in [2.05, 4.69) is 0 Å². The van der Waals surface area contributed by atoms with Crippen LogP contribution in [-0.4, -0.2) is 44.0 Å². The smallest absolute Gasteiger partial charge is 0.264 e. The zero-order valence-corrected chi connectivity index (χ0v) is 11.5. The summed E-state index contributed by atoms with van der Waals surface area (Å²) in [5.74, 6) is 0.727. The number of amides is 2. The average molecular weight is 262 g/mol. The number of fused-ring (bicyclic) bond motifs is 1. The number of carbonyl (C=O) groups excluding carboxylic acids is 2. The Bertz CT molecular complexity index is 513. The number of nitrogens with zero attached hydrogens (tertiary/aromatic N) is 2. The second kappa shape index (κ2) is 5.30. The Kier molecular flexibility index (Phi) is 3.74. The Hall–Kier alpha value is -2.04. The molecule has 2 amide bonds. The van der Waals surface area contributed by atoms with Crippen molar-refractivity contribution >= 4 is 17.5 Å². The lowest BCUT2D eigenvalue weighted by Crippen LogP contribution is -2.35. The third-order valence-corrected chi connectivity index (χ3v) is 3.38. The minimum Gasteiger partial charge on any atom is -0.482 e. The largest absolute Gasteiger partial charge is 0.482 e. The molecule has 0 aliphatic carbocycles. The fraction of sp³-hybridized carbons (Fsp3) is 0.429. The normalized spacial score (nSPS) is 13.8. The van der Waals surface area contributed by atoms with Crippen LogP contribution in [0.15, 0.2) is 18.2 Å². The lowest BCUT2D eigenvalue weighted by Gasteiger charge is -2.26. The van der Waals surface area contributed by atoms with E-state index in [0.29, 0.717) is 6.54 Å². The minimum absolute atomic E-state index is 0.0496. The zero-order chi connectivity index (χ0) is 14.0. The van der Waals surface area contributed by atoms with E-state index in [9.17, 15) is 9.59 Å². The summed E-state index contributed by atoms with van der Waals surface area (Å²) in [5, 5.41) is 0. The lowest BCUT2D eigenvalue weighted by molar-refractivity contribution is -0.127. The minimum atomic E-state index is -0.0505.